The summed E-state index contributed by atoms with van der Waals surface area (Å²) < 4.78 is 10.6. The summed E-state index contributed by atoms with van der Waals surface area (Å²) in [5, 5.41) is 17.6. The second-order valence-corrected chi connectivity index (χ2v) is 5.25. The molecule has 0 bridgehead atoms. The Bertz CT molecular complexity index is 642. The molecule has 0 aliphatic rings. The van der Waals surface area contributed by atoms with Crippen LogP contribution in [0.3, 0.4) is 0 Å². The van der Waals surface area contributed by atoms with Gasteiger partial charge in [0, 0.05) is 0 Å². The predicted octanol–water partition coefficient (Wildman–Crippen LogP) is 3.06. The average molecular weight is 330 g/mol. The van der Waals surface area contributed by atoms with Gasteiger partial charge in [0.2, 0.25) is 0 Å². The van der Waals surface area contributed by atoms with Crippen molar-refractivity contribution in [2.45, 2.75) is 26.1 Å². The van der Waals surface area contributed by atoms with Gasteiger partial charge in [-0.1, -0.05) is 24.3 Å². The molecule has 0 heterocycles. The molecular formula is C18H18O6. The molecule has 2 atom stereocenters. The van der Waals surface area contributed by atoms with Crippen LogP contribution in [-0.4, -0.2) is 34.4 Å². The Balaban J connectivity index is 2.06. The van der Waals surface area contributed by atoms with Gasteiger partial charge < -0.3 is 19.7 Å². The quantitative estimate of drug-likeness (QED) is 0.810. The molecular weight excluding hydrogens is 312 g/mol. The van der Waals surface area contributed by atoms with E-state index in [1.54, 1.807) is 24.3 Å². The number of carboxylic acid groups (broad SMARTS) is 2. The minimum atomic E-state index is -1.02. The number of carboxylic acids is 2. The summed E-state index contributed by atoms with van der Waals surface area (Å²) in [7, 11) is 0. The van der Waals surface area contributed by atoms with Gasteiger partial charge in [0.1, 0.15) is 11.5 Å². The highest BCUT2D eigenvalue weighted by molar-refractivity contribution is 5.73. The van der Waals surface area contributed by atoms with Gasteiger partial charge in [-0.25, -0.2) is 9.59 Å². The summed E-state index contributed by atoms with van der Waals surface area (Å²) in [6.45, 7) is 2.93. The molecule has 0 amide bonds. The van der Waals surface area contributed by atoms with Crippen molar-refractivity contribution in [2.75, 3.05) is 0 Å². The van der Waals surface area contributed by atoms with Crippen molar-refractivity contribution in [3.8, 4) is 22.6 Å². The van der Waals surface area contributed by atoms with Crippen LogP contribution in [0.5, 0.6) is 11.5 Å². The molecule has 2 aromatic rings. The number of hydrogen-bond donors (Lipinski definition) is 2. The number of rotatable bonds is 7. The Morgan fingerprint density at radius 2 is 1.00 bits per heavy atom. The van der Waals surface area contributed by atoms with Crippen LogP contribution in [-0.2, 0) is 9.59 Å². The normalized spacial score (nSPS) is 12.9. The van der Waals surface area contributed by atoms with Crippen molar-refractivity contribution in [3.63, 3.8) is 0 Å². The van der Waals surface area contributed by atoms with Gasteiger partial charge >= 0.3 is 11.9 Å². The monoisotopic (exact) mass is 330 g/mol. The van der Waals surface area contributed by atoms with Crippen LogP contribution >= 0.6 is 0 Å². The molecule has 0 saturated heterocycles. The summed E-state index contributed by atoms with van der Waals surface area (Å²) in [6, 6.07) is 14.1. The van der Waals surface area contributed by atoms with Crippen LogP contribution in [0.25, 0.3) is 11.1 Å². The Morgan fingerprint density at radius 3 is 1.25 bits per heavy atom. The zero-order valence-corrected chi connectivity index (χ0v) is 13.3. The van der Waals surface area contributed by atoms with Gasteiger partial charge in [0.05, 0.1) is 0 Å². The highest BCUT2D eigenvalue weighted by Gasteiger charge is 2.13. The smallest absolute Gasteiger partial charge is 0.344 e. The fourth-order valence-electron chi connectivity index (χ4n) is 1.96. The van der Waals surface area contributed by atoms with Crippen molar-refractivity contribution in [1.29, 1.82) is 0 Å². The predicted molar refractivity (Wildman–Crippen MR) is 87.3 cm³/mol. The number of hydrogen-bond acceptors (Lipinski definition) is 4. The van der Waals surface area contributed by atoms with Crippen LogP contribution < -0.4 is 9.47 Å². The standard InChI is InChI=1S/C18H18O6/c1-11(17(19)20)23-15-7-3-13(4-8-15)14-5-9-16(10-6-14)24-12(2)18(21)22/h3-12H,1-2H3,(H,19,20)(H,21,22). The molecule has 0 aliphatic heterocycles. The van der Waals surface area contributed by atoms with E-state index in [4.69, 9.17) is 19.7 Å². The minimum Gasteiger partial charge on any atom is -0.479 e. The molecule has 0 radical (unpaired) electrons. The van der Waals surface area contributed by atoms with E-state index in [0.717, 1.165) is 11.1 Å². The van der Waals surface area contributed by atoms with Gasteiger partial charge in [0.25, 0.3) is 0 Å². The number of carbonyl (C=O) groups is 2. The van der Waals surface area contributed by atoms with Crippen molar-refractivity contribution in [1.82, 2.24) is 0 Å². The fourth-order valence-corrected chi connectivity index (χ4v) is 1.96. The van der Waals surface area contributed by atoms with E-state index < -0.39 is 24.1 Å². The lowest BCUT2D eigenvalue weighted by molar-refractivity contribution is -0.145. The summed E-state index contributed by atoms with van der Waals surface area (Å²) in [6.07, 6.45) is -1.83. The van der Waals surface area contributed by atoms with E-state index in [2.05, 4.69) is 0 Å². The van der Waals surface area contributed by atoms with Gasteiger partial charge in [-0.05, 0) is 49.2 Å². The molecule has 0 fully saturated rings. The number of ether oxygens (including phenoxy) is 2. The molecule has 6 heteroatoms. The zero-order valence-electron chi connectivity index (χ0n) is 13.3. The zero-order chi connectivity index (χ0) is 17.7. The lowest BCUT2D eigenvalue weighted by Crippen LogP contribution is -2.22. The van der Waals surface area contributed by atoms with Gasteiger partial charge in [-0.15, -0.1) is 0 Å². The van der Waals surface area contributed by atoms with Crippen molar-refractivity contribution in [2.24, 2.45) is 0 Å². The van der Waals surface area contributed by atoms with Crippen LogP contribution in [0.15, 0.2) is 48.5 Å². The molecule has 24 heavy (non-hydrogen) atoms. The maximum absolute atomic E-state index is 10.8. The minimum absolute atomic E-state index is 0.476. The molecule has 0 aromatic heterocycles. The maximum atomic E-state index is 10.8. The summed E-state index contributed by atoms with van der Waals surface area (Å²) in [5.41, 5.74) is 1.84. The highest BCUT2D eigenvalue weighted by atomic mass is 16.5. The van der Waals surface area contributed by atoms with Crippen LogP contribution in [0.1, 0.15) is 13.8 Å². The van der Waals surface area contributed by atoms with Gasteiger partial charge in [-0.2, -0.15) is 0 Å². The Kier molecular flexibility index (Phi) is 5.42. The van der Waals surface area contributed by atoms with E-state index in [-0.39, 0.29) is 0 Å². The van der Waals surface area contributed by atoms with E-state index >= 15 is 0 Å². The number of aliphatic carboxylic acids is 2. The third-order valence-electron chi connectivity index (χ3n) is 3.36. The molecule has 126 valence electrons. The molecule has 6 nitrogen and oxygen atoms in total. The summed E-state index contributed by atoms with van der Waals surface area (Å²) >= 11 is 0. The van der Waals surface area contributed by atoms with Crippen LogP contribution in [0.4, 0.5) is 0 Å². The van der Waals surface area contributed by atoms with Gasteiger partial charge in [0.15, 0.2) is 12.2 Å². The molecule has 0 aliphatic carbocycles. The first-order chi connectivity index (χ1) is 11.4. The molecule has 2 rings (SSSR count). The second kappa shape index (κ2) is 7.50. The lowest BCUT2D eigenvalue weighted by atomic mass is 10.1. The van der Waals surface area contributed by atoms with Crippen LogP contribution in [0, 0.1) is 0 Å². The summed E-state index contributed by atoms with van der Waals surface area (Å²) in [4.78, 5) is 21.5. The Labute approximate surface area is 139 Å². The first kappa shape index (κ1) is 17.3. The molecule has 0 saturated carbocycles. The molecule has 0 spiro atoms. The second-order valence-electron chi connectivity index (χ2n) is 5.25. The van der Waals surface area contributed by atoms with Gasteiger partial charge in [-0.3, -0.25) is 0 Å². The van der Waals surface area contributed by atoms with E-state index in [0.29, 0.717) is 11.5 Å². The maximum Gasteiger partial charge on any atom is 0.344 e. The highest BCUT2D eigenvalue weighted by Crippen LogP contribution is 2.25. The van der Waals surface area contributed by atoms with Crippen molar-refractivity contribution < 1.29 is 29.3 Å². The molecule has 2 unspecified atom stereocenters. The van der Waals surface area contributed by atoms with Crippen molar-refractivity contribution in [3.05, 3.63) is 48.5 Å². The topological polar surface area (TPSA) is 93.1 Å². The molecule has 2 N–H and O–H groups in total. The third-order valence-corrected chi connectivity index (χ3v) is 3.36. The Hall–Kier alpha value is -3.02. The fraction of sp³-hybridized carbons (Fsp3) is 0.222. The van der Waals surface area contributed by atoms with E-state index in [1.807, 2.05) is 24.3 Å². The summed E-state index contributed by atoms with van der Waals surface area (Å²) in [5.74, 6) is -1.09. The average Bonchev–Trinajstić information content (AvgIpc) is 2.56. The SMILES string of the molecule is CC(Oc1ccc(-c2ccc(OC(C)C(=O)O)cc2)cc1)C(=O)O. The Morgan fingerprint density at radius 1 is 0.708 bits per heavy atom. The largest absolute Gasteiger partial charge is 0.479 e. The van der Waals surface area contributed by atoms with E-state index in [9.17, 15) is 9.59 Å². The van der Waals surface area contributed by atoms with Crippen molar-refractivity contribution >= 4 is 11.9 Å². The number of benzene rings is 2. The van der Waals surface area contributed by atoms with E-state index in [1.165, 1.54) is 13.8 Å². The first-order valence-electron chi connectivity index (χ1n) is 7.36. The lowest BCUT2D eigenvalue weighted by Gasteiger charge is -2.12. The van der Waals surface area contributed by atoms with Crippen LogP contribution in [0.2, 0.25) is 0 Å². The first-order valence-corrected chi connectivity index (χ1v) is 7.36. The third kappa shape index (κ3) is 4.49. The molecule has 2 aromatic carbocycles.